The molecule has 0 N–H and O–H groups in total. The summed E-state index contributed by atoms with van der Waals surface area (Å²) in [6.07, 6.45) is 5.93. The van der Waals surface area contributed by atoms with Crippen molar-refractivity contribution in [2.24, 2.45) is 0 Å². The molecule has 1 aromatic heterocycles. The van der Waals surface area contributed by atoms with E-state index in [9.17, 15) is 0 Å². The summed E-state index contributed by atoms with van der Waals surface area (Å²) in [5.74, 6) is 0. The van der Waals surface area contributed by atoms with E-state index in [-0.39, 0.29) is 0 Å². The standard InChI is InChI=1S/C11H13ClN2/c1-2-3-4-5-9-6-11(12)14-8-10(9)7-13/h6,8H,2-5H2,1H3. The van der Waals surface area contributed by atoms with E-state index in [0.29, 0.717) is 10.7 Å². The molecular formula is C11H13ClN2. The summed E-state index contributed by atoms with van der Waals surface area (Å²) >= 11 is 5.77. The van der Waals surface area contributed by atoms with Gasteiger partial charge < -0.3 is 0 Å². The maximum Gasteiger partial charge on any atom is 0.129 e. The summed E-state index contributed by atoms with van der Waals surface area (Å²) in [7, 11) is 0. The van der Waals surface area contributed by atoms with Gasteiger partial charge in [-0.1, -0.05) is 31.4 Å². The van der Waals surface area contributed by atoms with E-state index in [1.54, 1.807) is 12.3 Å². The van der Waals surface area contributed by atoms with Gasteiger partial charge in [0.1, 0.15) is 11.2 Å². The van der Waals surface area contributed by atoms with E-state index in [1.807, 2.05) is 0 Å². The summed E-state index contributed by atoms with van der Waals surface area (Å²) in [5, 5.41) is 9.30. The van der Waals surface area contributed by atoms with Crippen molar-refractivity contribution in [2.45, 2.75) is 32.6 Å². The number of hydrogen-bond donors (Lipinski definition) is 0. The molecule has 3 heteroatoms. The highest BCUT2D eigenvalue weighted by Gasteiger charge is 2.03. The van der Waals surface area contributed by atoms with E-state index in [4.69, 9.17) is 16.9 Å². The average Bonchev–Trinajstić information content (AvgIpc) is 2.19. The molecule has 0 radical (unpaired) electrons. The minimum Gasteiger partial charge on any atom is -0.243 e. The van der Waals surface area contributed by atoms with E-state index in [2.05, 4.69) is 18.0 Å². The number of halogens is 1. The maximum absolute atomic E-state index is 8.83. The fourth-order valence-corrected chi connectivity index (χ4v) is 1.52. The first-order chi connectivity index (χ1) is 6.77. The number of unbranched alkanes of at least 4 members (excludes halogenated alkanes) is 2. The third-order valence-electron chi connectivity index (χ3n) is 2.13. The molecule has 0 aliphatic rings. The Kier molecular flexibility index (Phi) is 4.42. The van der Waals surface area contributed by atoms with Gasteiger partial charge in [0.25, 0.3) is 0 Å². The van der Waals surface area contributed by atoms with Crippen LogP contribution >= 0.6 is 11.6 Å². The summed E-state index contributed by atoms with van der Waals surface area (Å²) in [6, 6.07) is 3.92. The van der Waals surface area contributed by atoms with Crippen molar-refractivity contribution in [3.63, 3.8) is 0 Å². The topological polar surface area (TPSA) is 36.7 Å². The van der Waals surface area contributed by atoms with Gasteiger partial charge in [-0.3, -0.25) is 0 Å². The lowest BCUT2D eigenvalue weighted by Gasteiger charge is -2.02. The van der Waals surface area contributed by atoms with Gasteiger partial charge in [0.2, 0.25) is 0 Å². The molecule has 74 valence electrons. The quantitative estimate of drug-likeness (QED) is 0.562. The highest BCUT2D eigenvalue weighted by molar-refractivity contribution is 6.29. The van der Waals surface area contributed by atoms with Crippen LogP contribution in [-0.4, -0.2) is 4.98 Å². The van der Waals surface area contributed by atoms with Crippen LogP contribution < -0.4 is 0 Å². The molecule has 2 nitrogen and oxygen atoms in total. The largest absolute Gasteiger partial charge is 0.243 e. The number of pyridine rings is 1. The summed E-state index contributed by atoms with van der Waals surface area (Å²) in [6.45, 7) is 2.16. The third kappa shape index (κ3) is 3.01. The monoisotopic (exact) mass is 208 g/mol. The van der Waals surface area contributed by atoms with Crippen LogP contribution in [0, 0.1) is 11.3 Å². The number of rotatable bonds is 4. The Morgan fingerprint density at radius 3 is 2.93 bits per heavy atom. The molecule has 0 saturated carbocycles. The van der Waals surface area contributed by atoms with E-state index >= 15 is 0 Å². The second-order valence-corrected chi connectivity index (χ2v) is 3.62. The molecule has 1 rings (SSSR count). The maximum atomic E-state index is 8.83. The molecule has 0 aliphatic heterocycles. The van der Waals surface area contributed by atoms with Gasteiger partial charge in [0.15, 0.2) is 0 Å². The first-order valence-corrected chi connectivity index (χ1v) is 5.20. The van der Waals surface area contributed by atoms with Crippen molar-refractivity contribution in [2.75, 3.05) is 0 Å². The van der Waals surface area contributed by atoms with Gasteiger partial charge >= 0.3 is 0 Å². The van der Waals surface area contributed by atoms with Crippen molar-refractivity contribution in [1.82, 2.24) is 4.98 Å². The number of nitrogens with zero attached hydrogens (tertiary/aromatic N) is 2. The van der Waals surface area contributed by atoms with Gasteiger partial charge in [-0.15, -0.1) is 0 Å². The van der Waals surface area contributed by atoms with Crippen molar-refractivity contribution in [3.05, 3.63) is 28.5 Å². The zero-order valence-corrected chi connectivity index (χ0v) is 9.01. The molecule has 1 aromatic rings. The third-order valence-corrected chi connectivity index (χ3v) is 2.33. The molecule has 0 saturated heterocycles. The molecule has 0 amide bonds. The molecule has 0 atom stereocenters. The fourth-order valence-electron chi connectivity index (χ4n) is 1.34. The van der Waals surface area contributed by atoms with E-state index in [0.717, 1.165) is 18.4 Å². The molecular weight excluding hydrogens is 196 g/mol. The summed E-state index contributed by atoms with van der Waals surface area (Å²) in [5.41, 5.74) is 1.66. The SMILES string of the molecule is CCCCCc1cc(Cl)ncc1C#N. The van der Waals surface area contributed by atoms with Crippen LogP contribution in [0.2, 0.25) is 5.15 Å². The minimum absolute atomic E-state index is 0.468. The summed E-state index contributed by atoms with van der Waals surface area (Å²) in [4.78, 5) is 3.88. The first kappa shape index (κ1) is 11.0. The number of nitriles is 1. The normalized spacial score (nSPS) is 9.79. The minimum atomic E-state index is 0.468. The Morgan fingerprint density at radius 1 is 1.50 bits per heavy atom. The Hall–Kier alpha value is -1.07. The van der Waals surface area contributed by atoms with Crippen LogP contribution in [0.15, 0.2) is 12.3 Å². The van der Waals surface area contributed by atoms with Crippen molar-refractivity contribution in [3.8, 4) is 6.07 Å². The lowest BCUT2D eigenvalue weighted by Crippen LogP contribution is -1.92. The predicted octanol–water partition coefficient (Wildman–Crippen LogP) is 3.34. The smallest absolute Gasteiger partial charge is 0.129 e. The van der Waals surface area contributed by atoms with Crippen molar-refractivity contribution in [1.29, 1.82) is 5.26 Å². The second kappa shape index (κ2) is 5.62. The zero-order chi connectivity index (χ0) is 10.4. The predicted molar refractivity (Wildman–Crippen MR) is 57.2 cm³/mol. The van der Waals surface area contributed by atoms with Gasteiger partial charge in [0, 0.05) is 6.20 Å². The lowest BCUT2D eigenvalue weighted by atomic mass is 10.0. The van der Waals surface area contributed by atoms with Crippen molar-refractivity contribution < 1.29 is 0 Å². The van der Waals surface area contributed by atoms with Crippen LogP contribution in [0.5, 0.6) is 0 Å². The molecule has 0 unspecified atom stereocenters. The number of aryl methyl sites for hydroxylation is 1. The van der Waals surface area contributed by atoms with Crippen LogP contribution in [0.25, 0.3) is 0 Å². The van der Waals surface area contributed by atoms with Gasteiger partial charge in [-0.25, -0.2) is 4.98 Å². The first-order valence-electron chi connectivity index (χ1n) is 4.82. The second-order valence-electron chi connectivity index (χ2n) is 3.23. The van der Waals surface area contributed by atoms with Crippen LogP contribution in [0.4, 0.5) is 0 Å². The highest BCUT2D eigenvalue weighted by Crippen LogP contribution is 2.15. The zero-order valence-electron chi connectivity index (χ0n) is 8.26. The number of aromatic nitrogens is 1. The highest BCUT2D eigenvalue weighted by atomic mass is 35.5. The molecule has 0 fully saturated rings. The number of hydrogen-bond acceptors (Lipinski definition) is 2. The van der Waals surface area contributed by atoms with Gasteiger partial charge in [-0.05, 0) is 24.5 Å². The molecule has 1 heterocycles. The Labute approximate surface area is 89.5 Å². The molecule has 0 aliphatic carbocycles. The van der Waals surface area contributed by atoms with Crippen LogP contribution in [0.3, 0.4) is 0 Å². The lowest BCUT2D eigenvalue weighted by molar-refractivity contribution is 0.716. The molecule has 0 aromatic carbocycles. The molecule has 0 bridgehead atoms. The Balaban J connectivity index is 2.73. The van der Waals surface area contributed by atoms with Gasteiger partial charge in [-0.2, -0.15) is 5.26 Å². The molecule has 0 spiro atoms. The van der Waals surface area contributed by atoms with Crippen molar-refractivity contribution >= 4 is 11.6 Å². The van der Waals surface area contributed by atoms with Crippen LogP contribution in [-0.2, 0) is 6.42 Å². The van der Waals surface area contributed by atoms with E-state index < -0.39 is 0 Å². The summed E-state index contributed by atoms with van der Waals surface area (Å²) < 4.78 is 0. The Morgan fingerprint density at radius 2 is 2.29 bits per heavy atom. The Bertz CT molecular complexity index is 342. The van der Waals surface area contributed by atoms with Crippen LogP contribution in [0.1, 0.15) is 37.3 Å². The fraction of sp³-hybridized carbons (Fsp3) is 0.455. The molecule has 14 heavy (non-hydrogen) atoms. The van der Waals surface area contributed by atoms with Gasteiger partial charge in [0.05, 0.1) is 5.56 Å². The average molecular weight is 209 g/mol. The van der Waals surface area contributed by atoms with E-state index in [1.165, 1.54) is 12.8 Å².